The maximum absolute atomic E-state index is 8.91. The van der Waals surface area contributed by atoms with Gasteiger partial charge in [0.15, 0.2) is 11.5 Å². The predicted molar refractivity (Wildman–Crippen MR) is 75.4 cm³/mol. The van der Waals surface area contributed by atoms with Gasteiger partial charge in [-0.05, 0) is 42.0 Å². The highest BCUT2D eigenvalue weighted by Gasteiger charge is 2.11. The fraction of sp³-hybridized carbons (Fsp3) is 0.462. The molecule has 0 fully saturated rings. The van der Waals surface area contributed by atoms with Crippen molar-refractivity contribution in [3.8, 4) is 17.6 Å². The third-order valence-corrected chi connectivity index (χ3v) is 2.98. The van der Waals surface area contributed by atoms with Crippen LogP contribution >= 0.6 is 22.6 Å². The number of halogens is 1. The number of hydrogen-bond donors (Lipinski definition) is 0. The highest BCUT2D eigenvalue weighted by molar-refractivity contribution is 14.1. The lowest BCUT2D eigenvalue weighted by Crippen LogP contribution is -2.03. The molecule has 0 N–H and O–H groups in total. The maximum atomic E-state index is 8.91. The fourth-order valence-electron chi connectivity index (χ4n) is 1.35. The topological polar surface area (TPSA) is 42.2 Å². The molecule has 0 saturated heterocycles. The summed E-state index contributed by atoms with van der Waals surface area (Å²) < 4.78 is 12.1. The van der Waals surface area contributed by atoms with Crippen LogP contribution < -0.4 is 9.47 Å². The molecule has 0 aliphatic carbocycles. The molecule has 17 heavy (non-hydrogen) atoms. The van der Waals surface area contributed by atoms with Gasteiger partial charge >= 0.3 is 0 Å². The van der Waals surface area contributed by atoms with Crippen molar-refractivity contribution in [2.75, 3.05) is 13.2 Å². The summed E-state index contributed by atoms with van der Waals surface area (Å²) in [4.78, 5) is 0. The maximum Gasteiger partial charge on any atom is 0.174 e. The smallest absolute Gasteiger partial charge is 0.174 e. The van der Waals surface area contributed by atoms with Gasteiger partial charge in [-0.1, -0.05) is 13.3 Å². The molecule has 0 aliphatic rings. The minimum absolute atomic E-state index is 0.565. The van der Waals surface area contributed by atoms with Gasteiger partial charge in [0, 0.05) is 6.07 Å². The van der Waals surface area contributed by atoms with Crippen molar-refractivity contribution in [2.45, 2.75) is 26.7 Å². The molecule has 0 aliphatic heterocycles. The molecule has 0 amide bonds. The summed E-state index contributed by atoms with van der Waals surface area (Å²) in [6.45, 7) is 5.28. The van der Waals surface area contributed by atoms with E-state index in [2.05, 4.69) is 35.6 Å². The van der Waals surface area contributed by atoms with E-state index in [-0.39, 0.29) is 0 Å². The van der Waals surface area contributed by atoms with E-state index in [0.717, 1.165) is 22.2 Å². The SMILES string of the molecule is CCCCOc1c(I)cc(C#N)cc1OCC. The quantitative estimate of drug-likeness (QED) is 0.583. The second kappa shape index (κ2) is 7.38. The van der Waals surface area contributed by atoms with E-state index >= 15 is 0 Å². The van der Waals surface area contributed by atoms with Gasteiger partial charge in [-0.15, -0.1) is 0 Å². The summed E-state index contributed by atoms with van der Waals surface area (Å²) >= 11 is 2.17. The average molecular weight is 345 g/mol. The van der Waals surface area contributed by atoms with Crippen LogP contribution in [0.5, 0.6) is 11.5 Å². The fourth-order valence-corrected chi connectivity index (χ4v) is 2.11. The first-order chi connectivity index (χ1) is 8.22. The molecule has 4 heteroatoms. The number of hydrogen-bond acceptors (Lipinski definition) is 3. The summed E-state index contributed by atoms with van der Waals surface area (Å²) in [5.41, 5.74) is 0.598. The molecule has 0 saturated carbocycles. The molecule has 0 radical (unpaired) electrons. The molecule has 92 valence electrons. The summed E-state index contributed by atoms with van der Waals surface area (Å²) in [5, 5.41) is 8.91. The highest BCUT2D eigenvalue weighted by Crippen LogP contribution is 2.34. The first-order valence-corrected chi connectivity index (χ1v) is 6.80. The van der Waals surface area contributed by atoms with Crippen molar-refractivity contribution >= 4 is 22.6 Å². The Morgan fingerprint density at radius 1 is 1.29 bits per heavy atom. The van der Waals surface area contributed by atoms with Gasteiger partial charge in [0.05, 0.1) is 28.4 Å². The van der Waals surface area contributed by atoms with Gasteiger partial charge in [0.1, 0.15) is 0 Å². The van der Waals surface area contributed by atoms with E-state index in [1.165, 1.54) is 0 Å². The Balaban J connectivity index is 2.96. The van der Waals surface area contributed by atoms with Gasteiger partial charge in [0.25, 0.3) is 0 Å². The zero-order valence-corrected chi connectivity index (χ0v) is 12.3. The lowest BCUT2D eigenvalue weighted by molar-refractivity contribution is 0.271. The molecule has 1 rings (SSSR count). The largest absolute Gasteiger partial charge is 0.490 e. The summed E-state index contributed by atoms with van der Waals surface area (Å²) in [6, 6.07) is 5.66. The number of nitriles is 1. The Bertz CT molecular complexity index is 413. The van der Waals surface area contributed by atoms with Gasteiger partial charge in [-0.3, -0.25) is 0 Å². The molecule has 0 aromatic heterocycles. The third-order valence-electron chi connectivity index (χ3n) is 2.18. The summed E-state index contributed by atoms with van der Waals surface area (Å²) in [5.74, 6) is 1.41. The van der Waals surface area contributed by atoms with Gasteiger partial charge in [0.2, 0.25) is 0 Å². The van der Waals surface area contributed by atoms with Crippen molar-refractivity contribution < 1.29 is 9.47 Å². The number of benzene rings is 1. The van der Waals surface area contributed by atoms with Crippen LogP contribution in [0.15, 0.2) is 12.1 Å². The normalized spacial score (nSPS) is 9.76. The van der Waals surface area contributed by atoms with E-state index in [1.54, 1.807) is 6.07 Å². The van der Waals surface area contributed by atoms with Crippen LogP contribution in [0.25, 0.3) is 0 Å². The predicted octanol–water partition coefficient (Wildman–Crippen LogP) is 3.74. The monoisotopic (exact) mass is 345 g/mol. The second-order valence-electron chi connectivity index (χ2n) is 3.53. The lowest BCUT2D eigenvalue weighted by atomic mass is 10.2. The molecule has 3 nitrogen and oxygen atoms in total. The Kier molecular flexibility index (Phi) is 6.12. The third kappa shape index (κ3) is 4.08. The van der Waals surface area contributed by atoms with Crippen LogP contribution in [0.1, 0.15) is 32.3 Å². The second-order valence-corrected chi connectivity index (χ2v) is 4.69. The van der Waals surface area contributed by atoms with Gasteiger partial charge < -0.3 is 9.47 Å². The van der Waals surface area contributed by atoms with E-state index in [9.17, 15) is 0 Å². The molecule has 0 atom stereocenters. The lowest BCUT2D eigenvalue weighted by Gasteiger charge is -2.13. The van der Waals surface area contributed by atoms with Crippen molar-refractivity contribution in [3.05, 3.63) is 21.3 Å². The van der Waals surface area contributed by atoms with E-state index in [4.69, 9.17) is 14.7 Å². The number of nitrogens with zero attached hydrogens (tertiary/aromatic N) is 1. The van der Waals surface area contributed by atoms with Crippen molar-refractivity contribution in [1.29, 1.82) is 5.26 Å². The highest BCUT2D eigenvalue weighted by atomic mass is 127. The first-order valence-electron chi connectivity index (χ1n) is 5.72. The first kappa shape index (κ1) is 14.1. The zero-order valence-electron chi connectivity index (χ0n) is 10.1. The summed E-state index contributed by atoms with van der Waals surface area (Å²) in [7, 11) is 0. The van der Waals surface area contributed by atoms with E-state index in [1.807, 2.05) is 13.0 Å². The number of unbranched alkanes of at least 4 members (excludes halogenated alkanes) is 1. The molecule has 0 bridgehead atoms. The van der Waals surface area contributed by atoms with Crippen molar-refractivity contribution in [2.24, 2.45) is 0 Å². The zero-order chi connectivity index (χ0) is 12.7. The van der Waals surface area contributed by atoms with E-state index < -0.39 is 0 Å². The van der Waals surface area contributed by atoms with Crippen molar-refractivity contribution in [3.63, 3.8) is 0 Å². The standard InChI is InChI=1S/C13H16INO2/c1-3-5-6-17-13-11(14)7-10(9-15)8-12(13)16-4-2/h7-8H,3-6H2,1-2H3. The molecule has 0 heterocycles. The molecule has 0 unspecified atom stereocenters. The van der Waals surface area contributed by atoms with Crippen LogP contribution in [0, 0.1) is 14.9 Å². The Hall–Kier alpha value is -0.960. The average Bonchev–Trinajstić information content (AvgIpc) is 2.32. The Morgan fingerprint density at radius 2 is 2.06 bits per heavy atom. The minimum Gasteiger partial charge on any atom is -0.490 e. The molecule has 1 aromatic carbocycles. The van der Waals surface area contributed by atoms with Crippen LogP contribution in [-0.4, -0.2) is 13.2 Å². The summed E-state index contributed by atoms with van der Waals surface area (Å²) in [6.07, 6.45) is 2.11. The molecular weight excluding hydrogens is 329 g/mol. The number of ether oxygens (including phenoxy) is 2. The number of rotatable bonds is 6. The minimum atomic E-state index is 0.565. The van der Waals surface area contributed by atoms with Crippen LogP contribution in [0.4, 0.5) is 0 Å². The van der Waals surface area contributed by atoms with Gasteiger partial charge in [-0.2, -0.15) is 5.26 Å². The van der Waals surface area contributed by atoms with Crippen LogP contribution in [0.3, 0.4) is 0 Å². The molecule has 1 aromatic rings. The van der Waals surface area contributed by atoms with Crippen LogP contribution in [0.2, 0.25) is 0 Å². The molecular formula is C13H16INO2. The Labute approximate surface area is 116 Å². The van der Waals surface area contributed by atoms with Crippen molar-refractivity contribution in [1.82, 2.24) is 0 Å². The van der Waals surface area contributed by atoms with E-state index in [0.29, 0.717) is 24.5 Å². The Morgan fingerprint density at radius 3 is 2.65 bits per heavy atom. The molecule has 0 spiro atoms. The van der Waals surface area contributed by atoms with Crippen LogP contribution in [-0.2, 0) is 0 Å². The van der Waals surface area contributed by atoms with Gasteiger partial charge in [-0.25, -0.2) is 0 Å².